The molecule has 66 heavy (non-hydrogen) atoms. The predicted molar refractivity (Wildman–Crippen MR) is 284 cm³/mol. The van der Waals surface area contributed by atoms with Crippen LogP contribution in [0.25, 0.3) is 0 Å². The van der Waals surface area contributed by atoms with Gasteiger partial charge in [0.15, 0.2) is 6.10 Å². The summed E-state index contributed by atoms with van der Waals surface area (Å²) in [4.78, 5) is 38.1. The van der Waals surface area contributed by atoms with E-state index < -0.39 is 6.10 Å². The molecule has 0 spiro atoms. The molecule has 0 radical (unpaired) electrons. The summed E-state index contributed by atoms with van der Waals surface area (Å²) in [5.41, 5.74) is 0. The summed E-state index contributed by atoms with van der Waals surface area (Å²) in [7, 11) is 0. The summed E-state index contributed by atoms with van der Waals surface area (Å²) in [6.07, 6.45) is 66.8. The van der Waals surface area contributed by atoms with E-state index in [-0.39, 0.29) is 37.5 Å². The molecule has 0 fully saturated rings. The molecule has 0 N–H and O–H groups in total. The number of unbranched alkanes of at least 4 members (excludes halogenated alkanes) is 34. The van der Waals surface area contributed by atoms with Gasteiger partial charge >= 0.3 is 17.9 Å². The van der Waals surface area contributed by atoms with E-state index >= 15 is 0 Å². The molecule has 0 aromatic carbocycles. The second-order valence-electron chi connectivity index (χ2n) is 19.2. The number of carbonyl (C=O) groups is 3. The maximum Gasteiger partial charge on any atom is 0.306 e. The van der Waals surface area contributed by atoms with Crippen LogP contribution < -0.4 is 0 Å². The molecule has 0 saturated heterocycles. The minimum atomic E-state index is -0.794. The van der Waals surface area contributed by atoms with E-state index in [2.05, 4.69) is 63.3 Å². The largest absolute Gasteiger partial charge is 0.462 e. The van der Waals surface area contributed by atoms with Gasteiger partial charge < -0.3 is 14.2 Å². The van der Waals surface area contributed by atoms with Gasteiger partial charge in [0.1, 0.15) is 13.2 Å². The van der Waals surface area contributed by atoms with Crippen LogP contribution in [0.3, 0.4) is 0 Å². The molecule has 6 nitrogen and oxygen atoms in total. The molecule has 0 aliphatic heterocycles. The highest BCUT2D eigenvalue weighted by molar-refractivity contribution is 5.71. The SMILES string of the molecule is CCCCC/C=C/C=C/CCCCCCCCCCCCC(=O)OCC(COC(=O)CC/C=C/C/C=C/CCCCCCCC)OC(=O)CCCCCCCCCCCCCCCCCC. The van der Waals surface area contributed by atoms with Crippen molar-refractivity contribution in [2.45, 2.75) is 303 Å². The maximum absolute atomic E-state index is 12.8. The number of rotatable bonds is 52. The Bertz CT molecular complexity index is 1150. The van der Waals surface area contributed by atoms with E-state index in [0.29, 0.717) is 19.3 Å². The molecule has 0 amide bonds. The summed E-state index contributed by atoms with van der Waals surface area (Å²) in [6, 6.07) is 0. The van der Waals surface area contributed by atoms with Crippen molar-refractivity contribution in [1.29, 1.82) is 0 Å². The maximum atomic E-state index is 12.8. The van der Waals surface area contributed by atoms with Crippen LogP contribution in [0, 0.1) is 0 Å². The third kappa shape index (κ3) is 52.3. The van der Waals surface area contributed by atoms with Crippen LogP contribution in [0.1, 0.15) is 297 Å². The van der Waals surface area contributed by atoms with Crippen LogP contribution >= 0.6 is 0 Å². The van der Waals surface area contributed by atoms with Crippen molar-refractivity contribution in [2.24, 2.45) is 0 Å². The fourth-order valence-electron chi connectivity index (χ4n) is 8.25. The molecule has 0 bridgehead atoms. The quantitative estimate of drug-likeness (QED) is 0.0199. The Morgan fingerprint density at radius 3 is 1.05 bits per heavy atom. The van der Waals surface area contributed by atoms with E-state index in [1.807, 2.05) is 6.08 Å². The first-order chi connectivity index (χ1) is 32.5. The number of hydrogen-bond donors (Lipinski definition) is 0. The van der Waals surface area contributed by atoms with Gasteiger partial charge in [0.05, 0.1) is 0 Å². The minimum Gasteiger partial charge on any atom is -0.462 e. The van der Waals surface area contributed by atoms with Crippen LogP contribution in [0.15, 0.2) is 48.6 Å². The van der Waals surface area contributed by atoms with Crippen molar-refractivity contribution < 1.29 is 28.6 Å². The molecule has 0 saturated carbocycles. The van der Waals surface area contributed by atoms with Crippen molar-refractivity contribution in [3.8, 4) is 0 Å². The average Bonchev–Trinajstić information content (AvgIpc) is 3.31. The van der Waals surface area contributed by atoms with Gasteiger partial charge in [0.2, 0.25) is 0 Å². The fourth-order valence-corrected chi connectivity index (χ4v) is 8.25. The normalized spacial score (nSPS) is 12.3. The average molecular weight is 926 g/mol. The van der Waals surface area contributed by atoms with Gasteiger partial charge in [-0.15, -0.1) is 0 Å². The molecule has 0 aromatic heterocycles. The lowest BCUT2D eigenvalue weighted by atomic mass is 10.0. The minimum absolute atomic E-state index is 0.0890. The van der Waals surface area contributed by atoms with Gasteiger partial charge in [-0.05, 0) is 64.2 Å². The van der Waals surface area contributed by atoms with Crippen LogP contribution in [0.4, 0.5) is 0 Å². The molecule has 6 heteroatoms. The van der Waals surface area contributed by atoms with E-state index in [9.17, 15) is 14.4 Å². The first-order valence-electron chi connectivity index (χ1n) is 28.7. The Kier molecular flexibility index (Phi) is 52.8. The second kappa shape index (κ2) is 55.0. The number of esters is 3. The smallest absolute Gasteiger partial charge is 0.306 e. The predicted octanol–water partition coefficient (Wildman–Crippen LogP) is 19.0. The molecule has 0 aliphatic carbocycles. The highest BCUT2D eigenvalue weighted by Crippen LogP contribution is 2.16. The Hall–Kier alpha value is -2.63. The molecule has 0 rings (SSSR count). The first-order valence-corrected chi connectivity index (χ1v) is 28.7. The van der Waals surface area contributed by atoms with E-state index in [4.69, 9.17) is 14.2 Å². The number of allylic oxidation sites excluding steroid dienone is 8. The molecular formula is C60H108O6. The molecule has 0 aromatic rings. The van der Waals surface area contributed by atoms with Crippen molar-refractivity contribution in [2.75, 3.05) is 13.2 Å². The molecule has 0 aliphatic rings. The summed E-state index contributed by atoms with van der Waals surface area (Å²) in [5.74, 6) is -0.949. The Balaban J connectivity index is 4.37. The topological polar surface area (TPSA) is 78.9 Å². The number of ether oxygens (including phenoxy) is 3. The van der Waals surface area contributed by atoms with Gasteiger partial charge in [-0.3, -0.25) is 14.4 Å². The van der Waals surface area contributed by atoms with E-state index in [0.717, 1.165) is 51.4 Å². The standard InChI is InChI=1S/C60H108O6/c1-4-7-10-13-16-19-22-25-27-29-30-31-33-35-38-41-44-47-50-53-59(62)65-56-57(55-64-58(61)52-49-46-43-40-37-34-24-21-18-15-12-9-6-3)66-60(63)54-51-48-45-42-39-36-32-28-26-23-20-17-14-11-8-5-2/h16,19,22,25,34,37,43,46,57H,4-15,17-18,20-21,23-24,26-33,35-36,38-42,44-45,47-56H2,1-3H3/b19-16+,25-22+,37-34+,46-43+. The van der Waals surface area contributed by atoms with Gasteiger partial charge in [0.25, 0.3) is 0 Å². The number of hydrogen-bond acceptors (Lipinski definition) is 6. The van der Waals surface area contributed by atoms with Crippen LogP contribution in [-0.4, -0.2) is 37.2 Å². The lowest BCUT2D eigenvalue weighted by Gasteiger charge is -2.18. The number of carbonyl (C=O) groups excluding carboxylic acids is 3. The van der Waals surface area contributed by atoms with Gasteiger partial charge in [-0.1, -0.05) is 262 Å². The van der Waals surface area contributed by atoms with E-state index in [1.165, 1.54) is 199 Å². The lowest BCUT2D eigenvalue weighted by molar-refractivity contribution is -0.166. The van der Waals surface area contributed by atoms with Crippen LogP contribution in [-0.2, 0) is 28.6 Å². The first kappa shape index (κ1) is 63.4. The van der Waals surface area contributed by atoms with Crippen LogP contribution in [0.5, 0.6) is 0 Å². The molecular weight excluding hydrogens is 817 g/mol. The van der Waals surface area contributed by atoms with Crippen LogP contribution in [0.2, 0.25) is 0 Å². The molecule has 0 heterocycles. The molecule has 1 unspecified atom stereocenters. The fraction of sp³-hybridized carbons (Fsp3) is 0.817. The van der Waals surface area contributed by atoms with Gasteiger partial charge in [-0.25, -0.2) is 0 Å². The van der Waals surface area contributed by atoms with Gasteiger partial charge in [0, 0.05) is 19.3 Å². The third-order valence-corrected chi connectivity index (χ3v) is 12.6. The molecule has 384 valence electrons. The van der Waals surface area contributed by atoms with E-state index in [1.54, 1.807) is 0 Å². The second-order valence-corrected chi connectivity index (χ2v) is 19.2. The Labute approximate surface area is 409 Å². The summed E-state index contributed by atoms with van der Waals surface area (Å²) < 4.78 is 16.8. The summed E-state index contributed by atoms with van der Waals surface area (Å²) in [6.45, 7) is 6.58. The van der Waals surface area contributed by atoms with Gasteiger partial charge in [-0.2, -0.15) is 0 Å². The van der Waals surface area contributed by atoms with Crippen molar-refractivity contribution >= 4 is 17.9 Å². The summed E-state index contributed by atoms with van der Waals surface area (Å²) in [5, 5.41) is 0. The highest BCUT2D eigenvalue weighted by atomic mass is 16.6. The zero-order valence-corrected chi connectivity index (χ0v) is 44.0. The van der Waals surface area contributed by atoms with Crippen molar-refractivity contribution in [3.63, 3.8) is 0 Å². The van der Waals surface area contributed by atoms with Crippen molar-refractivity contribution in [1.82, 2.24) is 0 Å². The highest BCUT2D eigenvalue weighted by Gasteiger charge is 2.19. The Morgan fingerprint density at radius 2 is 0.621 bits per heavy atom. The summed E-state index contributed by atoms with van der Waals surface area (Å²) >= 11 is 0. The zero-order valence-electron chi connectivity index (χ0n) is 44.0. The molecule has 1 atom stereocenters. The van der Waals surface area contributed by atoms with Crippen molar-refractivity contribution in [3.05, 3.63) is 48.6 Å². The zero-order chi connectivity index (χ0) is 47.9. The Morgan fingerprint density at radius 1 is 0.318 bits per heavy atom. The monoisotopic (exact) mass is 925 g/mol. The third-order valence-electron chi connectivity index (χ3n) is 12.6. The lowest BCUT2D eigenvalue weighted by Crippen LogP contribution is -2.30.